The van der Waals surface area contributed by atoms with Gasteiger partial charge in [0.2, 0.25) is 5.78 Å². The van der Waals surface area contributed by atoms with Gasteiger partial charge in [-0.05, 0) is 49.8 Å². The first kappa shape index (κ1) is 9.89. The number of hydrogen-bond donors (Lipinski definition) is 0. The van der Waals surface area contributed by atoms with E-state index in [2.05, 4.69) is 13.0 Å². The van der Waals surface area contributed by atoms with Crippen LogP contribution in [-0.2, 0) is 14.3 Å². The van der Waals surface area contributed by atoms with Crippen molar-refractivity contribution in [2.75, 3.05) is 7.11 Å². The van der Waals surface area contributed by atoms with E-state index < -0.39 is 0 Å². The molecule has 0 unspecified atom stereocenters. The summed E-state index contributed by atoms with van der Waals surface area (Å²) in [5.74, 6) is 1.15. The van der Waals surface area contributed by atoms with Crippen molar-refractivity contribution in [3.63, 3.8) is 0 Å². The van der Waals surface area contributed by atoms with Crippen LogP contribution in [0.2, 0.25) is 0 Å². The molecule has 4 fully saturated rings. The highest BCUT2D eigenvalue weighted by Gasteiger charge is 2.65. The Morgan fingerprint density at radius 1 is 1.53 bits per heavy atom. The lowest BCUT2D eigenvalue weighted by Crippen LogP contribution is -2.40. The van der Waals surface area contributed by atoms with Crippen LogP contribution in [0, 0.1) is 11.3 Å². The summed E-state index contributed by atoms with van der Waals surface area (Å²) in [5, 5.41) is 0. The molecule has 4 bridgehead atoms. The number of ketones is 1. The number of hydrogen-bond acceptors (Lipinski definition) is 3. The molecular weight excluding hydrogens is 216 g/mol. The fraction of sp³-hybridized carbons (Fsp3) is 0.643. The number of rotatable bonds is 1. The Morgan fingerprint density at radius 3 is 3.06 bits per heavy atom. The predicted octanol–water partition coefficient (Wildman–Crippen LogP) is 1.98. The van der Waals surface area contributed by atoms with Crippen LogP contribution in [0.4, 0.5) is 0 Å². The predicted molar refractivity (Wildman–Crippen MR) is 61.2 cm³/mol. The van der Waals surface area contributed by atoms with Crippen molar-refractivity contribution in [1.82, 2.24) is 0 Å². The molecule has 2 heterocycles. The molecule has 0 N–H and O–H groups in total. The van der Waals surface area contributed by atoms with Crippen molar-refractivity contribution in [2.24, 2.45) is 11.3 Å². The van der Waals surface area contributed by atoms with Crippen molar-refractivity contribution in [1.29, 1.82) is 0 Å². The molecule has 17 heavy (non-hydrogen) atoms. The number of carbonyl (C=O) groups is 1. The molecule has 5 rings (SSSR count). The summed E-state index contributed by atoms with van der Waals surface area (Å²) in [6.45, 7) is 2.22. The van der Waals surface area contributed by atoms with Gasteiger partial charge in [0, 0.05) is 5.41 Å². The highest BCUT2D eigenvalue weighted by atomic mass is 16.5. The molecule has 1 spiro atoms. The van der Waals surface area contributed by atoms with E-state index in [1.807, 2.05) is 0 Å². The van der Waals surface area contributed by atoms with Crippen LogP contribution >= 0.6 is 0 Å². The molecule has 0 aromatic heterocycles. The van der Waals surface area contributed by atoms with E-state index in [9.17, 15) is 4.79 Å². The standard InChI is InChI=1S/C14H16O3/c1-13-7-14-5-8(13)3-11(17-13)9(14)4-10(15)12(6-14)16-2/h4,6,8,11H,3,5,7H2,1-2H3/t8-,11+,13+,14-/m1/s1. The summed E-state index contributed by atoms with van der Waals surface area (Å²) in [6.07, 6.45) is 7.22. The highest BCUT2D eigenvalue weighted by molar-refractivity contribution is 6.04. The molecule has 3 nitrogen and oxygen atoms in total. The maximum atomic E-state index is 11.9. The van der Waals surface area contributed by atoms with Crippen LogP contribution < -0.4 is 0 Å². The Kier molecular flexibility index (Phi) is 1.55. The molecule has 0 radical (unpaired) electrons. The number of carbonyl (C=O) groups excluding carboxylic acids is 1. The van der Waals surface area contributed by atoms with E-state index in [0.717, 1.165) is 19.3 Å². The summed E-state index contributed by atoms with van der Waals surface area (Å²) in [6, 6.07) is 0. The largest absolute Gasteiger partial charge is 0.493 e. The topological polar surface area (TPSA) is 35.5 Å². The smallest absolute Gasteiger partial charge is 0.220 e. The second kappa shape index (κ2) is 2.66. The summed E-state index contributed by atoms with van der Waals surface area (Å²) in [5.41, 5.74) is 1.28. The molecule has 2 saturated carbocycles. The second-order valence-corrected chi connectivity index (χ2v) is 6.07. The van der Waals surface area contributed by atoms with E-state index in [1.165, 1.54) is 5.57 Å². The zero-order valence-electron chi connectivity index (χ0n) is 10.2. The van der Waals surface area contributed by atoms with Crippen LogP contribution in [0.5, 0.6) is 0 Å². The van der Waals surface area contributed by atoms with Crippen LogP contribution in [-0.4, -0.2) is 24.6 Å². The zero-order chi connectivity index (χ0) is 11.8. The fourth-order valence-electron chi connectivity index (χ4n) is 4.46. The van der Waals surface area contributed by atoms with Gasteiger partial charge in [0.05, 0.1) is 18.8 Å². The number of ether oxygens (including phenoxy) is 2. The van der Waals surface area contributed by atoms with Crippen molar-refractivity contribution in [2.45, 2.75) is 37.9 Å². The molecule has 0 aromatic carbocycles. The van der Waals surface area contributed by atoms with E-state index in [0.29, 0.717) is 11.7 Å². The van der Waals surface area contributed by atoms with Crippen LogP contribution in [0.25, 0.3) is 0 Å². The van der Waals surface area contributed by atoms with Gasteiger partial charge in [-0.25, -0.2) is 0 Å². The summed E-state index contributed by atoms with van der Waals surface area (Å²) in [7, 11) is 1.58. The van der Waals surface area contributed by atoms with Crippen molar-refractivity contribution in [3.05, 3.63) is 23.5 Å². The molecule has 2 aliphatic heterocycles. The van der Waals surface area contributed by atoms with Crippen LogP contribution in [0.3, 0.4) is 0 Å². The SMILES string of the molecule is COC1=C[C@]23C[C@H]4C[C@H](O[C@@]4(C)C2)C3=CC1=O. The van der Waals surface area contributed by atoms with E-state index >= 15 is 0 Å². The van der Waals surface area contributed by atoms with E-state index in [4.69, 9.17) is 9.47 Å². The van der Waals surface area contributed by atoms with Gasteiger partial charge < -0.3 is 9.47 Å². The normalized spacial score (nSPS) is 50.1. The first-order valence-corrected chi connectivity index (χ1v) is 6.27. The minimum atomic E-state index is -0.00400. The lowest BCUT2D eigenvalue weighted by Gasteiger charge is -2.42. The average molecular weight is 232 g/mol. The zero-order valence-corrected chi connectivity index (χ0v) is 10.2. The van der Waals surface area contributed by atoms with Crippen LogP contribution in [0.1, 0.15) is 26.2 Å². The van der Waals surface area contributed by atoms with E-state index in [-0.39, 0.29) is 22.9 Å². The maximum Gasteiger partial charge on any atom is 0.220 e. The third-order valence-corrected chi connectivity index (χ3v) is 5.13. The molecule has 0 aromatic rings. The van der Waals surface area contributed by atoms with Gasteiger partial charge in [0.25, 0.3) is 0 Å². The van der Waals surface area contributed by atoms with Gasteiger partial charge in [-0.2, -0.15) is 0 Å². The Balaban J connectivity index is 1.88. The third-order valence-electron chi connectivity index (χ3n) is 5.13. The van der Waals surface area contributed by atoms with Crippen molar-refractivity contribution >= 4 is 5.78 Å². The summed E-state index contributed by atoms with van der Waals surface area (Å²) in [4.78, 5) is 11.9. The Labute approximate surface area is 100 Å². The molecule has 4 atom stereocenters. The van der Waals surface area contributed by atoms with E-state index in [1.54, 1.807) is 13.2 Å². The second-order valence-electron chi connectivity index (χ2n) is 6.07. The third kappa shape index (κ3) is 0.998. The molecule has 3 aliphatic carbocycles. The van der Waals surface area contributed by atoms with Gasteiger partial charge in [-0.15, -0.1) is 0 Å². The minimum absolute atomic E-state index is 0.00400. The van der Waals surface area contributed by atoms with Crippen molar-refractivity contribution in [3.8, 4) is 0 Å². The molecular formula is C14H16O3. The Bertz CT molecular complexity index is 490. The number of methoxy groups -OCH3 is 1. The first-order valence-electron chi connectivity index (χ1n) is 6.27. The van der Waals surface area contributed by atoms with Gasteiger partial charge in [-0.1, -0.05) is 0 Å². The van der Waals surface area contributed by atoms with Crippen molar-refractivity contribution < 1.29 is 14.3 Å². The lowest BCUT2D eigenvalue weighted by atomic mass is 9.67. The lowest BCUT2D eigenvalue weighted by molar-refractivity contribution is -0.115. The molecule has 5 aliphatic rings. The Morgan fingerprint density at radius 2 is 2.35 bits per heavy atom. The fourth-order valence-corrected chi connectivity index (χ4v) is 4.46. The monoisotopic (exact) mass is 232 g/mol. The maximum absolute atomic E-state index is 11.9. The molecule has 2 saturated heterocycles. The number of allylic oxidation sites excluding steroid dienone is 2. The molecule has 90 valence electrons. The van der Waals surface area contributed by atoms with Gasteiger partial charge >= 0.3 is 0 Å². The minimum Gasteiger partial charge on any atom is -0.493 e. The van der Waals surface area contributed by atoms with Crippen LogP contribution in [0.15, 0.2) is 23.5 Å². The molecule has 0 amide bonds. The van der Waals surface area contributed by atoms with Gasteiger partial charge in [0.15, 0.2) is 5.76 Å². The quantitative estimate of drug-likeness (QED) is 0.693. The summed E-state index contributed by atoms with van der Waals surface area (Å²) >= 11 is 0. The average Bonchev–Trinajstić information content (AvgIpc) is 2.64. The molecule has 3 heteroatoms. The Hall–Kier alpha value is -1.09. The van der Waals surface area contributed by atoms with Gasteiger partial charge in [0.1, 0.15) is 0 Å². The first-order chi connectivity index (χ1) is 8.06. The van der Waals surface area contributed by atoms with Gasteiger partial charge in [-0.3, -0.25) is 4.79 Å². The summed E-state index contributed by atoms with van der Waals surface area (Å²) < 4.78 is 11.3. The highest BCUT2D eigenvalue weighted by Crippen LogP contribution is 2.67.